The second kappa shape index (κ2) is 4.55. The highest BCUT2D eigenvalue weighted by Crippen LogP contribution is 2.20. The van der Waals surface area contributed by atoms with Crippen LogP contribution in [0, 0.1) is 13.8 Å². The molecule has 88 valence electrons. The predicted molar refractivity (Wildman–Crippen MR) is 63.2 cm³/mol. The molecule has 1 amide bonds. The number of aromatic nitrogens is 2. The average molecular weight is 252 g/mol. The smallest absolute Gasteiger partial charge is 0.259 e. The van der Waals surface area contributed by atoms with E-state index in [4.69, 9.17) is 16.1 Å². The molecule has 0 saturated heterocycles. The Bertz CT molecular complexity index is 566. The van der Waals surface area contributed by atoms with Crippen molar-refractivity contribution in [3.05, 3.63) is 40.3 Å². The first-order valence-electron chi connectivity index (χ1n) is 4.93. The standard InChI is InChI=1S/C11H10ClN3O2/c1-6-7(2)15-17-11(6)14-10(16)8-3-4-13-5-9(8)12/h3-5H,1-2H3,(H,14,16). The highest BCUT2D eigenvalue weighted by Gasteiger charge is 2.15. The summed E-state index contributed by atoms with van der Waals surface area (Å²) < 4.78 is 4.99. The summed E-state index contributed by atoms with van der Waals surface area (Å²) in [6.45, 7) is 3.61. The van der Waals surface area contributed by atoms with E-state index in [1.807, 2.05) is 6.92 Å². The molecule has 0 aliphatic carbocycles. The van der Waals surface area contributed by atoms with Gasteiger partial charge in [0, 0.05) is 18.0 Å². The van der Waals surface area contributed by atoms with Gasteiger partial charge in [0.25, 0.3) is 5.91 Å². The van der Waals surface area contributed by atoms with Crippen LogP contribution in [0.5, 0.6) is 0 Å². The normalized spacial score (nSPS) is 10.3. The topological polar surface area (TPSA) is 68.0 Å². The Hall–Kier alpha value is -1.88. The van der Waals surface area contributed by atoms with Crippen molar-refractivity contribution in [3.8, 4) is 0 Å². The molecule has 1 N–H and O–H groups in total. The molecule has 0 unspecified atom stereocenters. The summed E-state index contributed by atoms with van der Waals surface area (Å²) in [6, 6.07) is 1.54. The van der Waals surface area contributed by atoms with Crippen LogP contribution >= 0.6 is 11.6 Å². The molecule has 0 fully saturated rings. The molecule has 2 aromatic rings. The fourth-order valence-electron chi connectivity index (χ4n) is 1.26. The molecule has 0 atom stereocenters. The van der Waals surface area contributed by atoms with Crippen LogP contribution in [0.1, 0.15) is 21.6 Å². The zero-order chi connectivity index (χ0) is 12.4. The van der Waals surface area contributed by atoms with Crippen LogP contribution in [0.4, 0.5) is 5.88 Å². The van der Waals surface area contributed by atoms with E-state index in [2.05, 4.69) is 15.5 Å². The Morgan fingerprint density at radius 2 is 2.24 bits per heavy atom. The number of aryl methyl sites for hydroxylation is 1. The van der Waals surface area contributed by atoms with Crippen LogP contribution in [0.2, 0.25) is 5.02 Å². The Labute approximate surface area is 103 Å². The molecule has 0 aliphatic heterocycles. The second-order valence-electron chi connectivity index (χ2n) is 3.53. The summed E-state index contributed by atoms with van der Waals surface area (Å²) >= 11 is 5.86. The molecule has 2 rings (SSSR count). The molecule has 0 spiro atoms. The minimum Gasteiger partial charge on any atom is -0.338 e. The van der Waals surface area contributed by atoms with Gasteiger partial charge < -0.3 is 4.52 Å². The van der Waals surface area contributed by atoms with Crippen LogP contribution in [0.25, 0.3) is 0 Å². The molecule has 0 bridgehead atoms. The molecule has 0 saturated carbocycles. The fraction of sp³-hybridized carbons (Fsp3) is 0.182. The van der Waals surface area contributed by atoms with E-state index in [0.717, 1.165) is 11.3 Å². The lowest BCUT2D eigenvalue weighted by atomic mass is 10.2. The highest BCUT2D eigenvalue weighted by atomic mass is 35.5. The maximum Gasteiger partial charge on any atom is 0.259 e. The van der Waals surface area contributed by atoms with Crippen molar-refractivity contribution in [1.29, 1.82) is 0 Å². The van der Waals surface area contributed by atoms with Gasteiger partial charge in [0.15, 0.2) is 0 Å². The van der Waals surface area contributed by atoms with Gasteiger partial charge in [-0.15, -0.1) is 0 Å². The highest BCUT2D eigenvalue weighted by molar-refractivity contribution is 6.34. The van der Waals surface area contributed by atoms with Gasteiger partial charge in [-0.05, 0) is 19.9 Å². The third-order valence-electron chi connectivity index (χ3n) is 2.40. The number of rotatable bonds is 2. The first kappa shape index (κ1) is 11.6. The van der Waals surface area contributed by atoms with Crippen LogP contribution in [-0.2, 0) is 0 Å². The monoisotopic (exact) mass is 251 g/mol. The van der Waals surface area contributed by atoms with E-state index in [1.54, 1.807) is 6.92 Å². The van der Waals surface area contributed by atoms with Gasteiger partial charge in [-0.1, -0.05) is 16.8 Å². The summed E-state index contributed by atoms with van der Waals surface area (Å²) in [5.74, 6) is -0.0166. The van der Waals surface area contributed by atoms with Gasteiger partial charge in [-0.2, -0.15) is 0 Å². The van der Waals surface area contributed by atoms with Crippen molar-refractivity contribution in [2.24, 2.45) is 0 Å². The third kappa shape index (κ3) is 2.29. The molecule has 2 heterocycles. The zero-order valence-electron chi connectivity index (χ0n) is 9.32. The zero-order valence-corrected chi connectivity index (χ0v) is 10.1. The van der Waals surface area contributed by atoms with Gasteiger partial charge in [0.1, 0.15) is 0 Å². The van der Waals surface area contributed by atoms with Gasteiger partial charge in [0.05, 0.1) is 16.3 Å². The van der Waals surface area contributed by atoms with Crippen molar-refractivity contribution in [1.82, 2.24) is 10.1 Å². The number of hydrogen-bond acceptors (Lipinski definition) is 4. The van der Waals surface area contributed by atoms with Crippen molar-refractivity contribution >= 4 is 23.4 Å². The molecule has 0 radical (unpaired) electrons. The molecule has 0 aromatic carbocycles. The van der Waals surface area contributed by atoms with Gasteiger partial charge >= 0.3 is 0 Å². The molecule has 5 nitrogen and oxygen atoms in total. The molecule has 6 heteroatoms. The fourth-order valence-corrected chi connectivity index (χ4v) is 1.47. The number of carbonyl (C=O) groups is 1. The Morgan fingerprint density at radius 1 is 1.47 bits per heavy atom. The lowest BCUT2D eigenvalue weighted by Gasteiger charge is -2.03. The minimum absolute atomic E-state index is 0.291. The van der Waals surface area contributed by atoms with E-state index >= 15 is 0 Å². The molecule has 2 aromatic heterocycles. The number of amides is 1. The SMILES string of the molecule is Cc1noc(NC(=O)c2ccncc2Cl)c1C. The van der Waals surface area contributed by atoms with Crippen molar-refractivity contribution in [3.63, 3.8) is 0 Å². The first-order chi connectivity index (χ1) is 8.09. The summed E-state index contributed by atoms with van der Waals surface area (Å²) in [7, 11) is 0. The predicted octanol–water partition coefficient (Wildman–Crippen LogP) is 2.59. The maximum absolute atomic E-state index is 11.9. The van der Waals surface area contributed by atoms with Crippen LogP contribution in [-0.4, -0.2) is 16.0 Å². The quantitative estimate of drug-likeness (QED) is 0.891. The Kier molecular flexibility index (Phi) is 3.10. The lowest BCUT2D eigenvalue weighted by Crippen LogP contribution is -2.12. The van der Waals surface area contributed by atoms with Crippen molar-refractivity contribution < 1.29 is 9.32 Å². The second-order valence-corrected chi connectivity index (χ2v) is 3.94. The number of halogens is 1. The van der Waals surface area contributed by atoms with E-state index in [1.165, 1.54) is 18.5 Å². The molecular formula is C11H10ClN3O2. The summed E-state index contributed by atoms with van der Waals surface area (Å²) in [6.07, 6.45) is 2.91. The average Bonchev–Trinajstić information content (AvgIpc) is 2.61. The number of hydrogen-bond donors (Lipinski definition) is 1. The Balaban J connectivity index is 2.23. The van der Waals surface area contributed by atoms with E-state index in [-0.39, 0.29) is 5.91 Å². The number of nitrogens with one attached hydrogen (secondary N) is 1. The first-order valence-corrected chi connectivity index (χ1v) is 5.31. The number of carbonyl (C=O) groups excluding carboxylic acids is 1. The molecule has 0 aliphatic rings. The summed E-state index contributed by atoms with van der Waals surface area (Å²) in [4.78, 5) is 15.7. The maximum atomic E-state index is 11.9. The summed E-state index contributed by atoms with van der Waals surface area (Å²) in [5, 5.41) is 6.65. The van der Waals surface area contributed by atoms with E-state index in [0.29, 0.717) is 16.5 Å². The number of anilines is 1. The largest absolute Gasteiger partial charge is 0.338 e. The van der Waals surface area contributed by atoms with Gasteiger partial charge in [-0.25, -0.2) is 0 Å². The van der Waals surface area contributed by atoms with Crippen LogP contribution in [0.15, 0.2) is 23.0 Å². The number of pyridine rings is 1. The van der Waals surface area contributed by atoms with Crippen LogP contribution in [0.3, 0.4) is 0 Å². The lowest BCUT2D eigenvalue weighted by molar-refractivity contribution is 0.102. The summed E-state index contributed by atoms with van der Waals surface area (Å²) in [5.41, 5.74) is 1.87. The number of nitrogens with zero attached hydrogens (tertiary/aromatic N) is 2. The van der Waals surface area contributed by atoms with Crippen molar-refractivity contribution in [2.45, 2.75) is 13.8 Å². The van der Waals surface area contributed by atoms with E-state index in [9.17, 15) is 4.79 Å². The van der Waals surface area contributed by atoms with Gasteiger partial charge in [-0.3, -0.25) is 15.1 Å². The van der Waals surface area contributed by atoms with Gasteiger partial charge in [0.2, 0.25) is 5.88 Å². The third-order valence-corrected chi connectivity index (χ3v) is 2.70. The molecule has 17 heavy (non-hydrogen) atoms. The molecular weight excluding hydrogens is 242 g/mol. The van der Waals surface area contributed by atoms with Crippen LogP contribution < -0.4 is 5.32 Å². The Morgan fingerprint density at radius 3 is 2.82 bits per heavy atom. The minimum atomic E-state index is -0.350. The van der Waals surface area contributed by atoms with E-state index < -0.39 is 0 Å². The van der Waals surface area contributed by atoms with Crippen molar-refractivity contribution in [2.75, 3.05) is 5.32 Å².